The topological polar surface area (TPSA) is 169 Å². The Labute approximate surface area is 297 Å². The number of hydrogen-bond acceptors (Lipinski definition) is 8. The van der Waals surface area contributed by atoms with Gasteiger partial charge in [-0.05, 0) is 78.7 Å². The van der Waals surface area contributed by atoms with Crippen molar-refractivity contribution in [2.24, 2.45) is 5.73 Å². The molecule has 0 spiro atoms. The van der Waals surface area contributed by atoms with Crippen LogP contribution in [0.2, 0.25) is 15.1 Å². The van der Waals surface area contributed by atoms with Gasteiger partial charge in [-0.25, -0.2) is 0 Å². The summed E-state index contributed by atoms with van der Waals surface area (Å²) in [6, 6.07) is 19.3. The monoisotopic (exact) mass is 726 g/mol. The summed E-state index contributed by atoms with van der Waals surface area (Å²) in [6.07, 6.45) is 0.439. The van der Waals surface area contributed by atoms with E-state index in [2.05, 4.69) is 16.0 Å². The summed E-state index contributed by atoms with van der Waals surface area (Å²) in [5.74, 6) is -1.66. The zero-order valence-electron chi connectivity index (χ0n) is 26.2. The minimum Gasteiger partial charge on any atom is -0.508 e. The maximum Gasteiger partial charge on any atom is 0.307 e. The number of halogens is 3. The van der Waals surface area contributed by atoms with Gasteiger partial charge >= 0.3 is 5.97 Å². The van der Waals surface area contributed by atoms with Crippen molar-refractivity contribution in [2.45, 2.75) is 25.4 Å². The van der Waals surface area contributed by atoms with Gasteiger partial charge in [-0.2, -0.15) is 0 Å². The smallest absolute Gasteiger partial charge is 0.307 e. The fraction of sp³-hybridized carbons (Fsp3) is 0.200. The lowest BCUT2D eigenvalue weighted by Gasteiger charge is -2.19. The number of carbonyl (C=O) groups excluding carboxylic acids is 4. The first-order chi connectivity index (χ1) is 23.5. The van der Waals surface area contributed by atoms with Gasteiger partial charge in [0.25, 0.3) is 17.7 Å². The molecule has 0 saturated heterocycles. The Kier molecular flexibility index (Phi) is 13.3. The molecule has 14 heteroatoms. The number of aromatic hydroxyl groups is 1. The number of amides is 3. The molecule has 0 heterocycles. The Morgan fingerprint density at radius 1 is 0.857 bits per heavy atom. The Balaban J connectivity index is 1.43. The summed E-state index contributed by atoms with van der Waals surface area (Å²) < 4.78 is 10.4. The fourth-order valence-corrected chi connectivity index (χ4v) is 5.55. The van der Waals surface area contributed by atoms with Crippen LogP contribution in [0.25, 0.3) is 0 Å². The Morgan fingerprint density at radius 2 is 1.57 bits per heavy atom. The van der Waals surface area contributed by atoms with E-state index in [1.54, 1.807) is 36.4 Å². The Morgan fingerprint density at radius 3 is 2.20 bits per heavy atom. The number of phenolic OH excluding ortho intramolecular Hbond substituents is 1. The van der Waals surface area contributed by atoms with Crippen molar-refractivity contribution < 1.29 is 33.8 Å². The number of nitrogens with two attached hydrogens (primary N) is 1. The fourth-order valence-electron chi connectivity index (χ4n) is 4.65. The highest BCUT2D eigenvalue weighted by molar-refractivity contribution is 6.40. The lowest BCUT2D eigenvalue weighted by atomic mass is 10.0. The van der Waals surface area contributed by atoms with E-state index in [0.29, 0.717) is 42.1 Å². The molecule has 49 heavy (non-hydrogen) atoms. The van der Waals surface area contributed by atoms with Gasteiger partial charge in [0, 0.05) is 17.8 Å². The molecule has 3 amide bonds. The van der Waals surface area contributed by atoms with Gasteiger partial charge in [-0.1, -0.05) is 59.1 Å². The molecule has 0 saturated carbocycles. The van der Waals surface area contributed by atoms with E-state index in [4.69, 9.17) is 50.0 Å². The largest absolute Gasteiger partial charge is 0.508 e. The SMILES string of the molecule is COC(=O)C[C@H](NC(=O)c1ccc(C(=O)NCc2cccc(O)c2)cc1Cl)c1ccc(NC(=O)c2c(Cl)cc(OCCCN)cc2Cl)cc1. The van der Waals surface area contributed by atoms with Crippen LogP contribution in [0.1, 0.15) is 61.1 Å². The van der Waals surface area contributed by atoms with Crippen LogP contribution in [0.15, 0.2) is 78.9 Å². The summed E-state index contributed by atoms with van der Waals surface area (Å²) in [5.41, 5.74) is 7.48. The third-order valence-corrected chi connectivity index (χ3v) is 8.08. The van der Waals surface area contributed by atoms with Crippen LogP contribution in [-0.4, -0.2) is 49.1 Å². The average Bonchev–Trinajstić information content (AvgIpc) is 3.07. The van der Waals surface area contributed by atoms with Crippen molar-refractivity contribution in [3.8, 4) is 11.5 Å². The predicted octanol–water partition coefficient (Wildman–Crippen LogP) is 6.30. The minimum atomic E-state index is -0.832. The van der Waals surface area contributed by atoms with Crippen molar-refractivity contribution in [3.63, 3.8) is 0 Å². The minimum absolute atomic E-state index is 0.0184. The number of ether oxygens (including phenoxy) is 2. The molecule has 0 fully saturated rings. The molecule has 11 nitrogen and oxygen atoms in total. The average molecular weight is 728 g/mol. The van der Waals surface area contributed by atoms with E-state index in [0.717, 1.165) is 0 Å². The molecule has 0 bridgehead atoms. The van der Waals surface area contributed by atoms with Crippen LogP contribution in [0.4, 0.5) is 5.69 Å². The summed E-state index contributed by atoms with van der Waals surface area (Å²) in [6.45, 7) is 1.01. The molecule has 0 unspecified atom stereocenters. The van der Waals surface area contributed by atoms with Crippen LogP contribution in [0.5, 0.6) is 11.5 Å². The highest BCUT2D eigenvalue weighted by atomic mass is 35.5. The molecule has 4 rings (SSSR count). The molecular weight excluding hydrogens is 695 g/mol. The number of rotatable bonds is 14. The van der Waals surface area contributed by atoms with Gasteiger partial charge < -0.3 is 36.3 Å². The molecule has 1 atom stereocenters. The number of anilines is 1. The van der Waals surface area contributed by atoms with Crippen molar-refractivity contribution in [1.29, 1.82) is 0 Å². The standard InChI is InChI=1S/C35H33Cl3N4O7/c1-48-31(44)18-30(42-34(46)26-11-8-22(15-27(26)36)33(45)40-19-20-4-2-5-24(43)14-20)21-6-9-23(10-7-21)41-35(47)32-28(37)16-25(17-29(32)38)49-13-3-12-39/h2,4-11,14-17,30,43H,3,12-13,18-19,39H2,1H3,(H,40,45)(H,41,47)(H,42,46)/t30-/m0/s1. The van der Waals surface area contributed by atoms with Gasteiger partial charge in [0.15, 0.2) is 0 Å². The normalized spacial score (nSPS) is 11.3. The number of hydrogen-bond donors (Lipinski definition) is 5. The number of esters is 1. The first kappa shape index (κ1) is 37.0. The maximum atomic E-state index is 13.3. The molecule has 0 aliphatic heterocycles. The molecule has 256 valence electrons. The Bertz CT molecular complexity index is 1810. The van der Waals surface area contributed by atoms with Crippen molar-refractivity contribution in [2.75, 3.05) is 25.6 Å². The van der Waals surface area contributed by atoms with E-state index >= 15 is 0 Å². The van der Waals surface area contributed by atoms with Crippen molar-refractivity contribution in [1.82, 2.24) is 10.6 Å². The first-order valence-corrected chi connectivity index (χ1v) is 16.1. The van der Waals surface area contributed by atoms with Gasteiger partial charge in [0.1, 0.15) is 11.5 Å². The third kappa shape index (κ3) is 10.3. The molecule has 4 aromatic carbocycles. The van der Waals surface area contributed by atoms with Gasteiger partial charge in [0.05, 0.1) is 52.4 Å². The lowest BCUT2D eigenvalue weighted by molar-refractivity contribution is -0.141. The van der Waals surface area contributed by atoms with Crippen LogP contribution in [0.3, 0.4) is 0 Å². The predicted molar refractivity (Wildman–Crippen MR) is 188 cm³/mol. The molecular formula is C35H33Cl3N4O7. The highest BCUT2D eigenvalue weighted by Crippen LogP contribution is 2.31. The zero-order chi connectivity index (χ0) is 35.5. The van der Waals surface area contributed by atoms with E-state index < -0.39 is 29.7 Å². The van der Waals surface area contributed by atoms with Crippen LogP contribution >= 0.6 is 34.8 Å². The van der Waals surface area contributed by atoms with Crippen LogP contribution in [-0.2, 0) is 16.1 Å². The highest BCUT2D eigenvalue weighted by Gasteiger charge is 2.23. The second kappa shape index (κ2) is 17.5. The maximum absolute atomic E-state index is 13.3. The van der Waals surface area contributed by atoms with Crippen LogP contribution in [0, 0.1) is 0 Å². The van der Waals surface area contributed by atoms with Crippen molar-refractivity contribution in [3.05, 3.63) is 122 Å². The lowest BCUT2D eigenvalue weighted by Crippen LogP contribution is -2.31. The van der Waals surface area contributed by atoms with Crippen molar-refractivity contribution >= 4 is 64.2 Å². The quantitative estimate of drug-likeness (QED) is 0.0745. The number of methoxy groups -OCH3 is 1. The summed E-state index contributed by atoms with van der Waals surface area (Å²) in [5, 5.41) is 18.1. The zero-order valence-corrected chi connectivity index (χ0v) is 28.5. The van der Waals surface area contributed by atoms with Gasteiger partial charge in [0.2, 0.25) is 0 Å². The summed E-state index contributed by atoms with van der Waals surface area (Å²) >= 11 is 19.1. The summed E-state index contributed by atoms with van der Waals surface area (Å²) in [7, 11) is 1.23. The second-order valence-electron chi connectivity index (χ2n) is 10.7. The van der Waals surface area contributed by atoms with E-state index in [-0.39, 0.29) is 50.5 Å². The van der Waals surface area contributed by atoms with E-state index in [9.17, 15) is 24.3 Å². The number of nitrogens with one attached hydrogen (secondary N) is 3. The number of benzene rings is 4. The molecule has 0 aliphatic rings. The molecule has 0 aromatic heterocycles. The third-order valence-electron chi connectivity index (χ3n) is 7.17. The van der Waals surface area contributed by atoms with Gasteiger partial charge in [-0.15, -0.1) is 0 Å². The molecule has 4 aromatic rings. The number of phenols is 1. The number of carbonyl (C=O) groups is 4. The Hall–Kier alpha value is -4.81. The van der Waals surface area contributed by atoms with Gasteiger partial charge in [-0.3, -0.25) is 19.2 Å². The summed E-state index contributed by atoms with van der Waals surface area (Å²) in [4.78, 5) is 51.3. The first-order valence-electron chi connectivity index (χ1n) is 15.0. The van der Waals surface area contributed by atoms with E-state index in [1.807, 2.05) is 0 Å². The van der Waals surface area contributed by atoms with Crippen LogP contribution < -0.4 is 26.4 Å². The molecule has 0 radical (unpaired) electrons. The molecule has 0 aliphatic carbocycles. The second-order valence-corrected chi connectivity index (χ2v) is 11.9. The molecule has 6 N–H and O–H groups in total. The van der Waals surface area contributed by atoms with E-state index in [1.165, 1.54) is 49.6 Å².